The van der Waals surface area contributed by atoms with Gasteiger partial charge in [-0.3, -0.25) is 0 Å². The third kappa shape index (κ3) is 4.50. The summed E-state index contributed by atoms with van der Waals surface area (Å²) in [6.45, 7) is 0. The molecule has 12 rings (SSSR count). The van der Waals surface area contributed by atoms with Gasteiger partial charge in [-0.25, -0.2) is 19.9 Å². The maximum atomic E-state index is 5.32. The average Bonchev–Trinajstić information content (AvgIpc) is 3.79. The third-order valence-electron chi connectivity index (χ3n) is 11.2. The molecule has 6 heteroatoms. The molecule has 0 aliphatic rings. The lowest BCUT2D eigenvalue weighted by atomic mass is 10.0. The van der Waals surface area contributed by atoms with Gasteiger partial charge in [0.1, 0.15) is 11.0 Å². The zero-order valence-electron chi connectivity index (χ0n) is 30.0. The van der Waals surface area contributed by atoms with Crippen LogP contribution in [0.2, 0.25) is 0 Å². The molecule has 6 nitrogen and oxygen atoms in total. The average molecular weight is 715 g/mol. The Balaban J connectivity index is 1.04. The lowest BCUT2D eigenvalue weighted by Gasteiger charge is -2.13. The predicted octanol–water partition coefficient (Wildman–Crippen LogP) is 12.3. The fraction of sp³-hybridized carbons (Fsp3) is 0. The van der Waals surface area contributed by atoms with E-state index in [2.05, 4.69) is 179 Å². The summed E-state index contributed by atoms with van der Waals surface area (Å²) >= 11 is 0. The van der Waals surface area contributed by atoms with Crippen molar-refractivity contribution in [1.82, 2.24) is 29.1 Å². The summed E-state index contributed by atoms with van der Waals surface area (Å²) < 4.78 is 4.65. The SMILES string of the molecule is c1cc(-c2ncc3c4ccccc4c4cnc(-c5cccc(-n6c7ccccc7c7ccccc76)c5)nc4c3n2)cc(-n2c3ccccc3c3ccccc32)c1. The zero-order valence-corrected chi connectivity index (χ0v) is 30.0. The second kappa shape index (κ2) is 11.9. The molecule has 0 aliphatic heterocycles. The number of benzene rings is 8. The Morgan fingerprint density at radius 1 is 0.304 bits per heavy atom. The van der Waals surface area contributed by atoms with Crippen molar-refractivity contribution in [2.45, 2.75) is 0 Å². The van der Waals surface area contributed by atoms with Gasteiger partial charge in [0.05, 0.1) is 22.1 Å². The maximum absolute atomic E-state index is 5.32. The van der Waals surface area contributed by atoms with Crippen molar-refractivity contribution in [3.05, 3.63) is 182 Å². The summed E-state index contributed by atoms with van der Waals surface area (Å²) in [6, 6.07) is 59.7. The molecule has 0 unspecified atom stereocenters. The molecule has 0 radical (unpaired) electrons. The van der Waals surface area contributed by atoms with E-state index in [-0.39, 0.29) is 0 Å². The summed E-state index contributed by atoms with van der Waals surface area (Å²) in [4.78, 5) is 20.6. The van der Waals surface area contributed by atoms with E-state index in [1.165, 1.54) is 21.5 Å². The van der Waals surface area contributed by atoms with Crippen LogP contribution in [-0.4, -0.2) is 29.1 Å². The van der Waals surface area contributed by atoms with Crippen LogP contribution in [0.5, 0.6) is 0 Å². The van der Waals surface area contributed by atoms with E-state index < -0.39 is 0 Å². The first-order valence-corrected chi connectivity index (χ1v) is 18.8. The standard InChI is InChI=1S/C50H30N6/c1-2-18-36-35(17-1)41-29-51-49(31-13-11-15-33(27-31)55-43-23-7-3-19-37(43)38-20-4-8-24-44(38)55)53-47(41)48-42(36)30-52-50(54-48)32-14-12-16-34(28-32)56-45-25-9-5-21-39(45)40-22-6-10-26-46(40)56/h1-30H. The molecule has 0 atom stereocenters. The fourth-order valence-electron chi connectivity index (χ4n) is 8.72. The molecule has 4 heterocycles. The first kappa shape index (κ1) is 30.7. The lowest BCUT2D eigenvalue weighted by Crippen LogP contribution is -1.98. The van der Waals surface area contributed by atoms with E-state index in [4.69, 9.17) is 19.9 Å². The molecule has 12 aromatic rings. The quantitative estimate of drug-likeness (QED) is 0.170. The van der Waals surface area contributed by atoms with E-state index in [9.17, 15) is 0 Å². The van der Waals surface area contributed by atoms with E-state index >= 15 is 0 Å². The first-order valence-electron chi connectivity index (χ1n) is 18.8. The van der Waals surface area contributed by atoms with E-state index in [0.717, 1.165) is 77.1 Å². The molecule has 0 aliphatic carbocycles. The molecular weight excluding hydrogens is 685 g/mol. The smallest absolute Gasteiger partial charge is 0.159 e. The monoisotopic (exact) mass is 714 g/mol. The van der Waals surface area contributed by atoms with Crippen LogP contribution >= 0.6 is 0 Å². The molecule has 0 saturated heterocycles. The highest BCUT2D eigenvalue weighted by Crippen LogP contribution is 2.37. The molecule has 0 N–H and O–H groups in total. The molecule has 260 valence electrons. The van der Waals surface area contributed by atoms with Crippen molar-refractivity contribution in [2.75, 3.05) is 0 Å². The van der Waals surface area contributed by atoms with Crippen LogP contribution in [0.4, 0.5) is 0 Å². The topological polar surface area (TPSA) is 61.4 Å². The van der Waals surface area contributed by atoms with Gasteiger partial charge in [-0.15, -0.1) is 0 Å². The fourth-order valence-corrected chi connectivity index (χ4v) is 8.72. The molecule has 0 spiro atoms. The summed E-state index contributed by atoms with van der Waals surface area (Å²) in [5.74, 6) is 1.29. The van der Waals surface area contributed by atoms with Crippen LogP contribution in [0.25, 0.3) is 110 Å². The van der Waals surface area contributed by atoms with Crippen molar-refractivity contribution in [3.8, 4) is 34.2 Å². The summed E-state index contributed by atoms with van der Waals surface area (Å²) in [5.41, 5.74) is 10.2. The zero-order chi connectivity index (χ0) is 36.7. The van der Waals surface area contributed by atoms with Crippen molar-refractivity contribution in [3.63, 3.8) is 0 Å². The van der Waals surface area contributed by atoms with Crippen LogP contribution in [-0.2, 0) is 0 Å². The molecule has 0 saturated carbocycles. The molecule has 56 heavy (non-hydrogen) atoms. The molecule has 8 aromatic carbocycles. The van der Waals surface area contributed by atoms with Gasteiger partial charge in [0, 0.05) is 67.2 Å². The number of hydrogen-bond acceptors (Lipinski definition) is 4. The van der Waals surface area contributed by atoms with Gasteiger partial charge in [0.15, 0.2) is 11.6 Å². The number of nitrogens with zero attached hydrogens (tertiary/aromatic N) is 6. The lowest BCUT2D eigenvalue weighted by molar-refractivity contribution is 1.16. The van der Waals surface area contributed by atoms with E-state index in [1.54, 1.807) is 0 Å². The number of fused-ring (bicyclic) bond motifs is 12. The largest absolute Gasteiger partial charge is 0.309 e. The number of rotatable bonds is 4. The second-order valence-electron chi connectivity index (χ2n) is 14.3. The van der Waals surface area contributed by atoms with Crippen molar-refractivity contribution in [1.29, 1.82) is 0 Å². The third-order valence-corrected chi connectivity index (χ3v) is 11.2. The normalized spacial score (nSPS) is 11.9. The number of hydrogen-bond donors (Lipinski definition) is 0. The predicted molar refractivity (Wildman–Crippen MR) is 230 cm³/mol. The Hall–Kier alpha value is -7.70. The number of aromatic nitrogens is 6. The summed E-state index contributed by atoms with van der Waals surface area (Å²) in [6.07, 6.45) is 3.91. The van der Waals surface area contributed by atoms with Crippen LogP contribution in [0, 0.1) is 0 Å². The minimum atomic E-state index is 0.644. The van der Waals surface area contributed by atoms with E-state index in [0.29, 0.717) is 11.6 Å². The van der Waals surface area contributed by atoms with Gasteiger partial charge >= 0.3 is 0 Å². The first-order chi connectivity index (χ1) is 27.8. The summed E-state index contributed by atoms with van der Waals surface area (Å²) in [5, 5.41) is 8.97. The molecule has 0 amide bonds. The van der Waals surface area contributed by atoms with Gasteiger partial charge in [0.25, 0.3) is 0 Å². The Labute approximate surface area is 320 Å². The van der Waals surface area contributed by atoms with Crippen LogP contribution in [0.1, 0.15) is 0 Å². The summed E-state index contributed by atoms with van der Waals surface area (Å²) in [7, 11) is 0. The highest BCUT2D eigenvalue weighted by atomic mass is 15.0. The molecule has 4 aromatic heterocycles. The minimum absolute atomic E-state index is 0.644. The van der Waals surface area contributed by atoms with Gasteiger partial charge in [-0.2, -0.15) is 0 Å². The Bertz CT molecular complexity index is 3220. The van der Waals surface area contributed by atoms with E-state index in [1.807, 2.05) is 12.4 Å². The van der Waals surface area contributed by atoms with Crippen LogP contribution in [0.15, 0.2) is 182 Å². The van der Waals surface area contributed by atoms with Crippen molar-refractivity contribution < 1.29 is 0 Å². The van der Waals surface area contributed by atoms with Gasteiger partial charge in [-0.05, 0) is 59.3 Å². The molecule has 0 bridgehead atoms. The maximum Gasteiger partial charge on any atom is 0.159 e. The Morgan fingerprint density at radius 2 is 0.643 bits per heavy atom. The van der Waals surface area contributed by atoms with Crippen molar-refractivity contribution in [2.24, 2.45) is 0 Å². The van der Waals surface area contributed by atoms with Crippen LogP contribution in [0.3, 0.4) is 0 Å². The number of para-hydroxylation sites is 4. The highest BCUT2D eigenvalue weighted by molar-refractivity contribution is 6.23. The molecule has 0 fully saturated rings. The van der Waals surface area contributed by atoms with Gasteiger partial charge in [0.2, 0.25) is 0 Å². The molecular formula is C50H30N6. The van der Waals surface area contributed by atoms with Crippen LogP contribution < -0.4 is 0 Å². The highest BCUT2D eigenvalue weighted by Gasteiger charge is 2.18. The van der Waals surface area contributed by atoms with Crippen molar-refractivity contribution >= 4 is 76.2 Å². The minimum Gasteiger partial charge on any atom is -0.309 e. The second-order valence-corrected chi connectivity index (χ2v) is 14.3. The Morgan fingerprint density at radius 3 is 1.02 bits per heavy atom. The van der Waals surface area contributed by atoms with Gasteiger partial charge in [-0.1, -0.05) is 121 Å². The Kier molecular flexibility index (Phi) is 6.53. The van der Waals surface area contributed by atoms with Gasteiger partial charge < -0.3 is 9.13 Å².